The number of carbonyl (C=O) groups excluding carboxylic acids is 1. The third-order valence-electron chi connectivity index (χ3n) is 3.57. The molecule has 2 aromatic carbocycles. The Labute approximate surface area is 135 Å². The first-order valence-electron chi connectivity index (χ1n) is 7.39. The van der Waals surface area contributed by atoms with Gasteiger partial charge in [0.15, 0.2) is 0 Å². The molecule has 0 aliphatic carbocycles. The first-order chi connectivity index (χ1) is 11.0. The smallest absolute Gasteiger partial charge is 0.251 e. The summed E-state index contributed by atoms with van der Waals surface area (Å²) < 4.78 is 18.5. The van der Waals surface area contributed by atoms with E-state index in [0.29, 0.717) is 24.3 Å². The lowest BCUT2D eigenvalue weighted by Crippen LogP contribution is -2.25. The summed E-state index contributed by atoms with van der Waals surface area (Å²) in [6.07, 6.45) is 0.502. The molecule has 0 aromatic heterocycles. The predicted octanol–water partition coefficient (Wildman–Crippen LogP) is 2.87. The van der Waals surface area contributed by atoms with E-state index < -0.39 is 0 Å². The van der Waals surface area contributed by atoms with E-state index in [1.54, 1.807) is 25.3 Å². The van der Waals surface area contributed by atoms with E-state index in [9.17, 15) is 9.18 Å². The third-order valence-corrected chi connectivity index (χ3v) is 3.57. The second-order valence-corrected chi connectivity index (χ2v) is 5.40. The van der Waals surface area contributed by atoms with Gasteiger partial charge in [-0.15, -0.1) is 0 Å². The number of amides is 1. The lowest BCUT2D eigenvalue weighted by atomic mass is 10.1. The fraction of sp³-hybridized carbons (Fsp3) is 0.278. The van der Waals surface area contributed by atoms with Gasteiger partial charge in [-0.05, 0) is 54.4 Å². The molecule has 0 saturated heterocycles. The van der Waals surface area contributed by atoms with Crippen molar-refractivity contribution in [1.29, 1.82) is 0 Å². The number of methoxy groups -OCH3 is 1. The van der Waals surface area contributed by atoms with Gasteiger partial charge in [-0.25, -0.2) is 4.39 Å². The summed E-state index contributed by atoms with van der Waals surface area (Å²) in [6, 6.07) is 11.7. The van der Waals surface area contributed by atoms with E-state index in [1.807, 2.05) is 31.1 Å². The van der Waals surface area contributed by atoms with Crippen LogP contribution in [0.3, 0.4) is 0 Å². The van der Waals surface area contributed by atoms with Crippen molar-refractivity contribution in [3.63, 3.8) is 0 Å². The van der Waals surface area contributed by atoms with E-state index in [1.165, 1.54) is 12.1 Å². The van der Waals surface area contributed by atoms with Crippen molar-refractivity contribution in [2.24, 2.45) is 0 Å². The van der Waals surface area contributed by atoms with Crippen LogP contribution in [0.1, 0.15) is 15.9 Å². The molecule has 0 atom stereocenters. The number of halogens is 1. The zero-order valence-electron chi connectivity index (χ0n) is 13.6. The van der Waals surface area contributed by atoms with Crippen LogP contribution in [0.4, 0.5) is 10.1 Å². The van der Waals surface area contributed by atoms with Gasteiger partial charge in [-0.3, -0.25) is 4.79 Å². The molecule has 23 heavy (non-hydrogen) atoms. The standard InChI is InChI=1S/C18H21FN2O2/c1-21(2)16-7-4-13(5-8-16)18(22)20-11-10-14-12-15(19)6-9-17(14)23-3/h4-9,12H,10-11H2,1-3H3,(H,20,22). The summed E-state index contributed by atoms with van der Waals surface area (Å²) in [6.45, 7) is 0.411. The van der Waals surface area contributed by atoms with Crippen LogP contribution in [0.2, 0.25) is 0 Å². The highest BCUT2D eigenvalue weighted by Gasteiger charge is 2.08. The number of hydrogen-bond donors (Lipinski definition) is 1. The van der Waals surface area contributed by atoms with Crippen LogP contribution < -0.4 is 15.0 Å². The van der Waals surface area contributed by atoms with Crippen LogP contribution in [0.25, 0.3) is 0 Å². The molecule has 2 aromatic rings. The molecule has 0 spiro atoms. The first-order valence-corrected chi connectivity index (χ1v) is 7.39. The second-order valence-electron chi connectivity index (χ2n) is 5.40. The lowest BCUT2D eigenvalue weighted by Gasteiger charge is -2.13. The number of nitrogens with one attached hydrogen (secondary N) is 1. The van der Waals surface area contributed by atoms with Gasteiger partial charge < -0.3 is 15.0 Å². The molecule has 0 aliphatic rings. The van der Waals surface area contributed by atoms with Crippen LogP contribution in [0.15, 0.2) is 42.5 Å². The van der Waals surface area contributed by atoms with Crippen molar-refractivity contribution in [2.75, 3.05) is 32.6 Å². The van der Waals surface area contributed by atoms with Gasteiger partial charge in [0.2, 0.25) is 0 Å². The summed E-state index contributed by atoms with van der Waals surface area (Å²) in [4.78, 5) is 14.1. The van der Waals surface area contributed by atoms with E-state index in [2.05, 4.69) is 5.32 Å². The fourth-order valence-electron chi connectivity index (χ4n) is 2.27. The van der Waals surface area contributed by atoms with Gasteiger partial charge in [0.25, 0.3) is 5.91 Å². The molecule has 0 bridgehead atoms. The molecule has 4 nitrogen and oxygen atoms in total. The fourth-order valence-corrected chi connectivity index (χ4v) is 2.27. The Morgan fingerprint density at radius 1 is 1.17 bits per heavy atom. The molecule has 5 heteroatoms. The Balaban J connectivity index is 1.93. The molecule has 122 valence electrons. The predicted molar refractivity (Wildman–Crippen MR) is 89.8 cm³/mol. The number of anilines is 1. The molecule has 0 unspecified atom stereocenters. The first kappa shape index (κ1) is 16.8. The maximum Gasteiger partial charge on any atom is 0.251 e. The Morgan fingerprint density at radius 2 is 1.87 bits per heavy atom. The number of rotatable bonds is 6. The van der Waals surface area contributed by atoms with Crippen molar-refractivity contribution in [3.8, 4) is 5.75 Å². The van der Waals surface area contributed by atoms with Gasteiger partial charge in [0.1, 0.15) is 11.6 Å². The van der Waals surface area contributed by atoms with E-state index >= 15 is 0 Å². The summed E-state index contributed by atoms with van der Waals surface area (Å²) >= 11 is 0. The van der Waals surface area contributed by atoms with Gasteiger partial charge in [-0.1, -0.05) is 0 Å². The highest BCUT2D eigenvalue weighted by Crippen LogP contribution is 2.19. The van der Waals surface area contributed by atoms with Crippen LogP contribution in [-0.4, -0.2) is 33.7 Å². The Kier molecular flexibility index (Phi) is 5.57. The molecular formula is C18H21FN2O2. The van der Waals surface area contributed by atoms with Crippen LogP contribution in [-0.2, 0) is 6.42 Å². The summed E-state index contributed by atoms with van der Waals surface area (Å²) in [5, 5.41) is 2.84. The number of hydrogen-bond acceptors (Lipinski definition) is 3. The quantitative estimate of drug-likeness (QED) is 0.891. The molecule has 0 fully saturated rings. The summed E-state index contributed by atoms with van der Waals surface area (Å²) in [5.41, 5.74) is 2.36. The van der Waals surface area contributed by atoms with Crippen LogP contribution in [0.5, 0.6) is 5.75 Å². The number of ether oxygens (including phenoxy) is 1. The van der Waals surface area contributed by atoms with Gasteiger partial charge in [-0.2, -0.15) is 0 Å². The van der Waals surface area contributed by atoms with Gasteiger partial charge in [0.05, 0.1) is 7.11 Å². The molecule has 2 rings (SSSR count). The van der Waals surface area contributed by atoms with E-state index in [0.717, 1.165) is 11.3 Å². The maximum absolute atomic E-state index is 13.3. The number of carbonyl (C=O) groups is 1. The zero-order chi connectivity index (χ0) is 16.8. The van der Waals surface area contributed by atoms with Crippen molar-refractivity contribution in [3.05, 3.63) is 59.4 Å². The molecule has 1 N–H and O–H groups in total. The molecular weight excluding hydrogens is 295 g/mol. The van der Waals surface area contributed by atoms with Gasteiger partial charge in [0, 0.05) is 31.9 Å². The minimum atomic E-state index is -0.314. The minimum absolute atomic E-state index is 0.148. The van der Waals surface area contributed by atoms with Crippen LogP contribution >= 0.6 is 0 Å². The molecule has 0 aliphatic heterocycles. The highest BCUT2D eigenvalue weighted by molar-refractivity contribution is 5.94. The average Bonchev–Trinajstić information content (AvgIpc) is 2.55. The third kappa shape index (κ3) is 4.45. The minimum Gasteiger partial charge on any atom is -0.496 e. The monoisotopic (exact) mass is 316 g/mol. The second kappa shape index (κ2) is 7.63. The highest BCUT2D eigenvalue weighted by atomic mass is 19.1. The number of benzene rings is 2. The zero-order valence-corrected chi connectivity index (χ0v) is 13.6. The molecule has 0 saturated carbocycles. The Morgan fingerprint density at radius 3 is 2.48 bits per heavy atom. The molecule has 0 radical (unpaired) electrons. The Hall–Kier alpha value is -2.56. The molecule has 1 amide bonds. The number of nitrogens with zero attached hydrogens (tertiary/aromatic N) is 1. The van der Waals surface area contributed by atoms with Crippen molar-refractivity contribution in [2.45, 2.75) is 6.42 Å². The Bertz CT molecular complexity index is 669. The van der Waals surface area contributed by atoms with Gasteiger partial charge >= 0.3 is 0 Å². The lowest BCUT2D eigenvalue weighted by molar-refractivity contribution is 0.0954. The van der Waals surface area contributed by atoms with Crippen LogP contribution in [0, 0.1) is 5.82 Å². The molecule has 0 heterocycles. The van der Waals surface area contributed by atoms with Crippen molar-refractivity contribution >= 4 is 11.6 Å². The topological polar surface area (TPSA) is 41.6 Å². The SMILES string of the molecule is COc1ccc(F)cc1CCNC(=O)c1ccc(N(C)C)cc1. The van der Waals surface area contributed by atoms with E-state index in [4.69, 9.17) is 4.74 Å². The largest absolute Gasteiger partial charge is 0.496 e. The maximum atomic E-state index is 13.3. The summed E-state index contributed by atoms with van der Waals surface area (Å²) in [7, 11) is 5.44. The van der Waals surface area contributed by atoms with Crippen molar-refractivity contribution in [1.82, 2.24) is 5.32 Å². The summed E-state index contributed by atoms with van der Waals surface area (Å²) in [5.74, 6) is 0.160. The average molecular weight is 316 g/mol. The normalized spacial score (nSPS) is 10.3. The van der Waals surface area contributed by atoms with E-state index in [-0.39, 0.29) is 11.7 Å². The van der Waals surface area contributed by atoms with Crippen molar-refractivity contribution < 1.29 is 13.9 Å².